The van der Waals surface area contributed by atoms with E-state index in [1.54, 1.807) is 19.3 Å². The largest absolute Gasteiger partial charge is 0.468 e. The van der Waals surface area contributed by atoms with Crippen LogP contribution in [0.5, 0.6) is 0 Å². The van der Waals surface area contributed by atoms with Crippen molar-refractivity contribution in [2.24, 2.45) is 0 Å². The fourth-order valence-corrected chi connectivity index (χ4v) is 3.10. The lowest BCUT2D eigenvalue weighted by Gasteiger charge is -2.37. The molecular weight excluding hydrogens is 296 g/mol. The first-order valence-electron chi connectivity index (χ1n) is 8.00. The number of carbonyl (C=O) groups is 1. The number of hydrogen-bond acceptors (Lipinski definition) is 6. The summed E-state index contributed by atoms with van der Waals surface area (Å²) in [6.07, 6.45) is 3.84. The Morgan fingerprint density at radius 2 is 2.17 bits per heavy atom. The maximum atomic E-state index is 12.9. The number of piperazine rings is 1. The average Bonchev–Trinajstić information content (AvgIpc) is 3.11. The van der Waals surface area contributed by atoms with Crippen LogP contribution in [0.1, 0.15) is 52.6 Å². The van der Waals surface area contributed by atoms with Crippen molar-refractivity contribution in [2.75, 3.05) is 26.7 Å². The normalized spacial score (nSPS) is 22.5. The minimum atomic E-state index is -0.0647. The number of aromatic nitrogens is 2. The van der Waals surface area contributed by atoms with Gasteiger partial charge in [-0.2, -0.15) is 4.98 Å². The Balaban J connectivity index is 1.54. The van der Waals surface area contributed by atoms with Crippen LogP contribution >= 0.6 is 0 Å². The molecule has 0 unspecified atom stereocenters. The zero-order chi connectivity index (χ0) is 16.0. The summed E-state index contributed by atoms with van der Waals surface area (Å²) in [6.45, 7) is 3.81. The molecule has 1 aliphatic heterocycles. The molecule has 0 aromatic carbocycles. The van der Waals surface area contributed by atoms with Crippen LogP contribution < -0.4 is 0 Å². The van der Waals surface area contributed by atoms with Crippen molar-refractivity contribution in [1.29, 1.82) is 0 Å². The van der Waals surface area contributed by atoms with Gasteiger partial charge in [0.25, 0.3) is 5.91 Å². The monoisotopic (exact) mass is 316 g/mol. The third kappa shape index (κ3) is 2.65. The van der Waals surface area contributed by atoms with Gasteiger partial charge in [-0.25, -0.2) is 0 Å². The number of carbonyl (C=O) groups excluding carboxylic acids is 1. The Morgan fingerprint density at radius 3 is 2.87 bits per heavy atom. The molecule has 7 nitrogen and oxygen atoms in total. The molecule has 0 radical (unpaired) electrons. The van der Waals surface area contributed by atoms with Crippen molar-refractivity contribution in [3.8, 4) is 0 Å². The fraction of sp³-hybridized carbons (Fsp3) is 0.562. The average molecular weight is 316 g/mol. The van der Waals surface area contributed by atoms with Crippen LogP contribution in [0.4, 0.5) is 0 Å². The molecule has 122 valence electrons. The molecule has 1 amide bonds. The molecule has 0 N–H and O–H groups in total. The number of amides is 1. The summed E-state index contributed by atoms with van der Waals surface area (Å²) in [7, 11) is 2.01. The van der Waals surface area contributed by atoms with Crippen LogP contribution in [0.25, 0.3) is 0 Å². The number of aryl methyl sites for hydroxylation is 1. The Kier molecular flexibility index (Phi) is 3.45. The van der Waals surface area contributed by atoms with Crippen molar-refractivity contribution >= 4 is 5.91 Å². The number of likely N-dealkylation sites (N-methyl/N-ethyl adjacent to an activating group) is 1. The molecule has 7 heteroatoms. The quantitative estimate of drug-likeness (QED) is 0.862. The van der Waals surface area contributed by atoms with E-state index in [1.165, 1.54) is 0 Å². The molecule has 2 fully saturated rings. The van der Waals surface area contributed by atoms with E-state index >= 15 is 0 Å². The van der Waals surface area contributed by atoms with Gasteiger partial charge in [-0.05, 0) is 32.9 Å². The first-order valence-corrected chi connectivity index (χ1v) is 8.00. The Hall–Kier alpha value is -2.15. The Morgan fingerprint density at radius 1 is 1.35 bits per heavy atom. The van der Waals surface area contributed by atoms with E-state index in [9.17, 15) is 4.79 Å². The lowest BCUT2D eigenvalue weighted by molar-refractivity contribution is 0.0487. The molecule has 2 aromatic rings. The predicted octanol–water partition coefficient (Wildman–Crippen LogP) is 1.98. The van der Waals surface area contributed by atoms with Gasteiger partial charge in [0, 0.05) is 25.6 Å². The van der Waals surface area contributed by atoms with Crippen LogP contribution in [-0.2, 0) is 0 Å². The highest BCUT2D eigenvalue weighted by Gasteiger charge is 2.36. The van der Waals surface area contributed by atoms with Gasteiger partial charge in [0.15, 0.2) is 5.82 Å². The summed E-state index contributed by atoms with van der Waals surface area (Å²) >= 11 is 0. The van der Waals surface area contributed by atoms with Crippen LogP contribution in [-0.4, -0.2) is 52.5 Å². The standard InChI is InChI=1S/C16H20N4O3/c1-10-17-15(23-18-10)13-9-20(7-6-19(13)2)16(21)12-5-8-22-14(12)11-3-4-11/h5,8,11,13H,3-4,6-7,9H2,1-2H3/t13-/m0/s1. The van der Waals surface area contributed by atoms with Gasteiger partial charge in [0.2, 0.25) is 5.89 Å². The molecule has 23 heavy (non-hydrogen) atoms. The Bertz CT molecular complexity index is 718. The molecule has 1 atom stereocenters. The van der Waals surface area contributed by atoms with Gasteiger partial charge in [-0.15, -0.1) is 0 Å². The number of furan rings is 1. The first kappa shape index (κ1) is 14.4. The van der Waals surface area contributed by atoms with Crippen molar-refractivity contribution in [3.05, 3.63) is 35.4 Å². The molecule has 1 aliphatic carbocycles. The number of rotatable bonds is 3. The smallest absolute Gasteiger partial charge is 0.257 e. The molecule has 2 aromatic heterocycles. The topological polar surface area (TPSA) is 75.6 Å². The molecular formula is C16H20N4O3. The summed E-state index contributed by atoms with van der Waals surface area (Å²) in [4.78, 5) is 21.2. The first-order chi connectivity index (χ1) is 11.1. The second-order valence-electron chi connectivity index (χ2n) is 6.40. The van der Waals surface area contributed by atoms with Gasteiger partial charge in [0.05, 0.1) is 11.8 Å². The van der Waals surface area contributed by atoms with Crippen LogP contribution in [0.2, 0.25) is 0 Å². The van der Waals surface area contributed by atoms with Crippen LogP contribution in [0.15, 0.2) is 21.3 Å². The van der Waals surface area contributed by atoms with Crippen molar-refractivity contribution < 1.29 is 13.7 Å². The number of hydrogen-bond donors (Lipinski definition) is 0. The maximum Gasteiger partial charge on any atom is 0.257 e. The van der Waals surface area contributed by atoms with Crippen LogP contribution in [0, 0.1) is 6.92 Å². The zero-order valence-corrected chi connectivity index (χ0v) is 13.4. The summed E-state index contributed by atoms with van der Waals surface area (Å²) in [5.41, 5.74) is 0.706. The Labute approximate surface area is 134 Å². The predicted molar refractivity (Wildman–Crippen MR) is 81.0 cm³/mol. The molecule has 3 heterocycles. The summed E-state index contributed by atoms with van der Waals surface area (Å²) in [5, 5.41) is 3.86. The lowest BCUT2D eigenvalue weighted by Crippen LogP contribution is -2.49. The van der Waals surface area contributed by atoms with E-state index in [0.29, 0.717) is 36.3 Å². The van der Waals surface area contributed by atoms with Crippen molar-refractivity contribution in [2.45, 2.75) is 31.7 Å². The van der Waals surface area contributed by atoms with E-state index in [-0.39, 0.29) is 11.9 Å². The van der Waals surface area contributed by atoms with E-state index in [2.05, 4.69) is 15.0 Å². The number of nitrogens with zero attached hydrogens (tertiary/aromatic N) is 4. The highest BCUT2D eigenvalue weighted by atomic mass is 16.5. The van der Waals surface area contributed by atoms with Gasteiger partial charge in [-0.3, -0.25) is 9.69 Å². The lowest BCUT2D eigenvalue weighted by atomic mass is 10.1. The third-order valence-corrected chi connectivity index (χ3v) is 4.64. The molecule has 0 spiro atoms. The molecule has 0 bridgehead atoms. The summed E-state index contributed by atoms with van der Waals surface area (Å²) < 4.78 is 10.8. The van der Waals surface area contributed by atoms with E-state index in [1.807, 2.05) is 11.9 Å². The maximum absolute atomic E-state index is 12.9. The molecule has 1 saturated carbocycles. The van der Waals surface area contributed by atoms with Gasteiger partial charge in [-0.1, -0.05) is 5.16 Å². The second-order valence-corrected chi connectivity index (χ2v) is 6.40. The second kappa shape index (κ2) is 5.49. The van der Waals surface area contributed by atoms with Gasteiger partial charge in [0.1, 0.15) is 11.8 Å². The van der Waals surface area contributed by atoms with Crippen LogP contribution in [0.3, 0.4) is 0 Å². The molecule has 4 rings (SSSR count). The highest BCUT2D eigenvalue weighted by Crippen LogP contribution is 2.42. The fourth-order valence-electron chi connectivity index (χ4n) is 3.10. The highest BCUT2D eigenvalue weighted by molar-refractivity contribution is 5.95. The van der Waals surface area contributed by atoms with Crippen molar-refractivity contribution in [3.63, 3.8) is 0 Å². The third-order valence-electron chi connectivity index (χ3n) is 4.64. The van der Waals surface area contributed by atoms with E-state index in [4.69, 9.17) is 8.94 Å². The van der Waals surface area contributed by atoms with Gasteiger partial charge >= 0.3 is 0 Å². The zero-order valence-electron chi connectivity index (χ0n) is 13.4. The molecule has 2 aliphatic rings. The summed E-state index contributed by atoms with van der Waals surface area (Å²) in [6, 6.07) is 1.73. The van der Waals surface area contributed by atoms with E-state index in [0.717, 1.165) is 25.1 Å². The molecule has 1 saturated heterocycles. The van der Waals surface area contributed by atoms with Crippen molar-refractivity contribution in [1.82, 2.24) is 19.9 Å². The minimum absolute atomic E-state index is 0.0370. The van der Waals surface area contributed by atoms with Gasteiger partial charge < -0.3 is 13.8 Å². The minimum Gasteiger partial charge on any atom is -0.468 e. The SMILES string of the molecule is Cc1noc([C@@H]2CN(C(=O)c3ccoc3C3CC3)CCN2C)n1. The summed E-state index contributed by atoms with van der Waals surface area (Å²) in [5.74, 6) is 2.49. The van der Waals surface area contributed by atoms with E-state index < -0.39 is 0 Å².